The predicted octanol–water partition coefficient (Wildman–Crippen LogP) is 6.63. The molecule has 4 rings (SSSR count). The van der Waals surface area contributed by atoms with Crippen LogP contribution in [0.2, 0.25) is 0 Å². The number of rotatable bonds is 9. The molecule has 0 aliphatic carbocycles. The third kappa shape index (κ3) is 15.7. The number of benzene rings is 2. The summed E-state index contributed by atoms with van der Waals surface area (Å²) in [6.07, 6.45) is 1.69. The minimum Gasteiger partial charge on any atom is -0.445 e. The number of ether oxygens (including phenoxy) is 2. The monoisotopic (exact) mass is 748 g/mol. The molecule has 43 heavy (non-hydrogen) atoms. The quantitative estimate of drug-likeness (QED) is 0.230. The van der Waals surface area contributed by atoms with Crippen LogP contribution in [0.4, 0.5) is 9.59 Å². The number of hydrogen-bond donors (Lipinski definition) is 1. The summed E-state index contributed by atoms with van der Waals surface area (Å²) in [4.78, 5) is 29.8. The van der Waals surface area contributed by atoms with E-state index >= 15 is 0 Å². The summed E-state index contributed by atoms with van der Waals surface area (Å²) in [5.74, 6) is 1.50. The molecule has 2 heterocycles. The Balaban J connectivity index is 0.000000264. The Labute approximate surface area is 281 Å². The van der Waals surface area contributed by atoms with Gasteiger partial charge in [0.1, 0.15) is 13.2 Å². The van der Waals surface area contributed by atoms with Gasteiger partial charge in [0, 0.05) is 67.5 Å². The minimum atomic E-state index is -0.220. The van der Waals surface area contributed by atoms with E-state index in [2.05, 4.69) is 46.7 Å². The van der Waals surface area contributed by atoms with Gasteiger partial charge in [0.25, 0.3) is 0 Å². The van der Waals surface area contributed by atoms with Crippen LogP contribution < -0.4 is 5.32 Å². The van der Waals surface area contributed by atoms with E-state index in [1.54, 1.807) is 9.80 Å². The second-order valence-electron chi connectivity index (χ2n) is 10.5. The highest BCUT2D eigenvalue weighted by atomic mass is 127. The number of carbonyl (C=O) groups is 2. The molecular formula is C32H47Cl2IN4O4. The van der Waals surface area contributed by atoms with E-state index in [1.165, 1.54) is 4.43 Å². The molecule has 0 saturated carbocycles. The molecule has 0 spiro atoms. The first-order chi connectivity index (χ1) is 20.9. The van der Waals surface area contributed by atoms with E-state index in [1.807, 2.05) is 60.7 Å². The highest BCUT2D eigenvalue weighted by Crippen LogP contribution is 2.12. The van der Waals surface area contributed by atoms with Crippen molar-refractivity contribution < 1.29 is 19.1 Å². The number of nitrogens with zero attached hydrogens (tertiary/aromatic N) is 3. The first-order valence-corrected chi connectivity index (χ1v) is 17.5. The fourth-order valence-corrected chi connectivity index (χ4v) is 5.61. The molecular weight excluding hydrogens is 702 g/mol. The fraction of sp³-hybridized carbons (Fsp3) is 0.562. The number of nitrogens with one attached hydrogen (secondary N) is 1. The standard InChI is InChI=1S/C16H23ClN2O2.C13H18N2O2.C3H6ClI/c1-14-12-19(11-10-18(14)9-5-8-17)16(20)21-13-15-6-3-2-4-7-15;1-11-9-15(8-7-14-11)13(16)17-10-12-5-3-2-4-6-12;4-2-1-3-5/h2-4,6-7,14H,5,8-13H2,1H3;2-6,11,14H,7-10H2,1H3;1-3H2/t14-;11-;/m00./s1. The Morgan fingerprint density at radius 1 is 0.814 bits per heavy atom. The van der Waals surface area contributed by atoms with Crippen molar-refractivity contribution in [1.29, 1.82) is 0 Å². The Kier molecular flexibility index (Phi) is 19.7. The maximum absolute atomic E-state index is 12.1. The first kappa shape index (κ1) is 37.4. The lowest BCUT2D eigenvalue weighted by Crippen LogP contribution is -2.53. The van der Waals surface area contributed by atoms with E-state index < -0.39 is 0 Å². The number of alkyl halides is 3. The van der Waals surface area contributed by atoms with Crippen LogP contribution in [0.3, 0.4) is 0 Å². The number of halogens is 3. The van der Waals surface area contributed by atoms with Crippen LogP contribution in [0.25, 0.3) is 0 Å². The second-order valence-corrected chi connectivity index (χ2v) is 12.3. The largest absolute Gasteiger partial charge is 0.445 e. The molecule has 2 saturated heterocycles. The summed E-state index contributed by atoms with van der Waals surface area (Å²) in [5.41, 5.74) is 2.03. The molecule has 0 radical (unpaired) electrons. The minimum absolute atomic E-state index is 0.220. The maximum atomic E-state index is 12.1. The van der Waals surface area contributed by atoms with Crippen molar-refractivity contribution in [3.63, 3.8) is 0 Å². The van der Waals surface area contributed by atoms with E-state index in [9.17, 15) is 9.59 Å². The summed E-state index contributed by atoms with van der Waals surface area (Å²) in [6, 6.07) is 20.2. The van der Waals surface area contributed by atoms with Crippen LogP contribution in [-0.4, -0.2) is 101 Å². The van der Waals surface area contributed by atoms with E-state index in [-0.39, 0.29) is 12.2 Å². The van der Waals surface area contributed by atoms with Gasteiger partial charge in [-0.2, -0.15) is 0 Å². The third-order valence-electron chi connectivity index (χ3n) is 6.91. The number of piperazine rings is 2. The van der Waals surface area contributed by atoms with Gasteiger partial charge in [0.2, 0.25) is 0 Å². The highest BCUT2D eigenvalue weighted by molar-refractivity contribution is 14.1. The lowest BCUT2D eigenvalue weighted by Gasteiger charge is -2.39. The fourth-order valence-electron chi connectivity index (χ4n) is 4.53. The molecule has 0 aromatic heterocycles. The molecule has 240 valence electrons. The molecule has 8 nitrogen and oxygen atoms in total. The molecule has 2 aliphatic heterocycles. The topological polar surface area (TPSA) is 74.3 Å². The number of amides is 2. The summed E-state index contributed by atoms with van der Waals surface area (Å²) in [5, 5.41) is 3.29. The molecule has 2 aliphatic rings. The van der Waals surface area contributed by atoms with Crippen LogP contribution in [0.1, 0.15) is 37.8 Å². The molecule has 0 unspecified atom stereocenters. The summed E-state index contributed by atoms with van der Waals surface area (Å²) in [6.45, 7) is 10.5. The lowest BCUT2D eigenvalue weighted by atomic mass is 10.2. The predicted molar refractivity (Wildman–Crippen MR) is 184 cm³/mol. The molecule has 2 amide bonds. The van der Waals surface area contributed by atoms with E-state index in [0.29, 0.717) is 37.7 Å². The van der Waals surface area contributed by atoms with E-state index in [4.69, 9.17) is 32.7 Å². The van der Waals surface area contributed by atoms with Crippen molar-refractivity contribution in [2.75, 3.05) is 62.0 Å². The Morgan fingerprint density at radius 3 is 1.79 bits per heavy atom. The van der Waals surface area contributed by atoms with Gasteiger partial charge < -0.3 is 24.6 Å². The Bertz CT molecular complexity index is 1020. The van der Waals surface area contributed by atoms with Crippen molar-refractivity contribution in [3.8, 4) is 0 Å². The van der Waals surface area contributed by atoms with Crippen molar-refractivity contribution in [1.82, 2.24) is 20.0 Å². The van der Waals surface area contributed by atoms with Gasteiger partial charge in [-0.3, -0.25) is 4.90 Å². The Hall–Kier alpha value is -1.79. The zero-order chi connectivity index (χ0) is 31.3. The second kappa shape index (κ2) is 22.7. The summed E-state index contributed by atoms with van der Waals surface area (Å²) >= 11 is 13.3. The zero-order valence-electron chi connectivity index (χ0n) is 25.4. The van der Waals surface area contributed by atoms with Gasteiger partial charge in [0.15, 0.2) is 0 Å². The van der Waals surface area contributed by atoms with Gasteiger partial charge >= 0.3 is 12.2 Å². The summed E-state index contributed by atoms with van der Waals surface area (Å²) in [7, 11) is 0. The average Bonchev–Trinajstić information content (AvgIpc) is 3.04. The van der Waals surface area contributed by atoms with Gasteiger partial charge in [-0.05, 0) is 44.4 Å². The number of carbonyl (C=O) groups excluding carboxylic acids is 2. The van der Waals surface area contributed by atoms with Crippen LogP contribution >= 0.6 is 45.8 Å². The maximum Gasteiger partial charge on any atom is 0.410 e. The molecule has 0 bridgehead atoms. The van der Waals surface area contributed by atoms with Crippen molar-refractivity contribution in [2.45, 2.75) is 52.0 Å². The van der Waals surface area contributed by atoms with Crippen molar-refractivity contribution >= 4 is 58.0 Å². The van der Waals surface area contributed by atoms with E-state index in [0.717, 1.165) is 69.1 Å². The zero-order valence-corrected chi connectivity index (χ0v) is 29.1. The van der Waals surface area contributed by atoms with Crippen LogP contribution in [0, 0.1) is 0 Å². The molecule has 2 aromatic carbocycles. The summed E-state index contributed by atoms with van der Waals surface area (Å²) < 4.78 is 11.8. The van der Waals surface area contributed by atoms with Crippen molar-refractivity contribution in [2.24, 2.45) is 0 Å². The third-order valence-corrected chi connectivity index (χ3v) is 8.20. The lowest BCUT2D eigenvalue weighted by molar-refractivity contribution is 0.0519. The van der Waals surface area contributed by atoms with Gasteiger partial charge in [-0.15, -0.1) is 23.2 Å². The normalized spacial score (nSPS) is 18.4. The smallest absolute Gasteiger partial charge is 0.410 e. The van der Waals surface area contributed by atoms with Crippen LogP contribution in [0.15, 0.2) is 60.7 Å². The average molecular weight is 750 g/mol. The SMILES string of the molecule is C[C@H]1CN(C(=O)OCc2ccccc2)CCN1.C[C@H]1CN(C(=O)OCc2ccccc2)CCN1CCCCl.ClCCCI. The number of hydrogen-bond acceptors (Lipinski definition) is 6. The van der Waals surface area contributed by atoms with Gasteiger partial charge in [0.05, 0.1) is 0 Å². The van der Waals surface area contributed by atoms with Gasteiger partial charge in [-0.25, -0.2) is 9.59 Å². The molecule has 2 fully saturated rings. The first-order valence-electron chi connectivity index (χ1n) is 14.9. The molecule has 11 heteroatoms. The van der Waals surface area contributed by atoms with Crippen LogP contribution in [-0.2, 0) is 22.7 Å². The van der Waals surface area contributed by atoms with Gasteiger partial charge in [-0.1, -0.05) is 83.3 Å². The van der Waals surface area contributed by atoms with Crippen molar-refractivity contribution in [3.05, 3.63) is 71.8 Å². The molecule has 2 atom stereocenters. The molecule has 2 aromatic rings. The van der Waals surface area contributed by atoms with Crippen LogP contribution in [0.5, 0.6) is 0 Å². The Morgan fingerprint density at radius 2 is 1.35 bits per heavy atom. The molecule has 1 N–H and O–H groups in total. The highest BCUT2D eigenvalue weighted by Gasteiger charge is 2.27.